The van der Waals surface area contributed by atoms with Crippen LogP contribution in [0.3, 0.4) is 0 Å². The summed E-state index contributed by atoms with van der Waals surface area (Å²) in [6, 6.07) is 94.4. The van der Waals surface area contributed by atoms with Crippen LogP contribution >= 0.6 is 0 Å². The molecule has 30 aromatic rings. The molecule has 0 aliphatic carbocycles. The third-order valence-corrected chi connectivity index (χ3v) is 27.6. The normalized spacial score (nSPS) is 12.0. The van der Waals surface area contributed by atoms with E-state index in [1.54, 1.807) is 0 Å². The fourth-order valence-corrected chi connectivity index (χ4v) is 21.8. The molecule has 145 heavy (non-hydrogen) atoms. The fraction of sp³-hybridized carbons (Fsp3) is 0.125. The van der Waals surface area contributed by atoms with Crippen molar-refractivity contribution in [2.24, 2.45) is 0 Å². The summed E-state index contributed by atoms with van der Waals surface area (Å²) in [6.07, 6.45) is 0. The van der Waals surface area contributed by atoms with Crippen molar-refractivity contribution in [2.45, 2.75) is 104 Å². The quantitative estimate of drug-likeness (QED) is 0.155. The lowest BCUT2D eigenvalue weighted by atomic mass is 10.1. The molecule has 0 aliphatic rings. The minimum Gasteiger partial charge on any atom is -0.454 e. The van der Waals surface area contributed by atoms with Crippen molar-refractivity contribution in [1.82, 2.24) is 97.6 Å². The minimum atomic E-state index is 0.617. The van der Waals surface area contributed by atoms with Crippen molar-refractivity contribution in [1.29, 1.82) is 0 Å². The van der Waals surface area contributed by atoms with Crippen LogP contribution in [0.15, 0.2) is 295 Å². The molecule has 700 valence electrons. The van der Waals surface area contributed by atoms with Gasteiger partial charge in [0.25, 0.3) is 0 Å². The van der Waals surface area contributed by atoms with Crippen molar-refractivity contribution in [3.05, 3.63) is 359 Å². The summed E-state index contributed by atoms with van der Waals surface area (Å²) in [4.78, 5) is 68.4. The number of furan rings is 5. The Labute approximate surface area is 825 Å². The number of rotatable bonds is 5. The molecule has 0 saturated heterocycles. The third-order valence-electron chi connectivity index (χ3n) is 27.6. The molecular formula is C120H90N20O5. The van der Waals surface area contributed by atoms with Crippen molar-refractivity contribution in [2.75, 3.05) is 0 Å². The lowest BCUT2D eigenvalue weighted by molar-refractivity contribution is 0.670. The van der Waals surface area contributed by atoms with E-state index in [0.29, 0.717) is 88.0 Å². The summed E-state index contributed by atoms with van der Waals surface area (Å²) in [5.74, 6) is 10.1. The van der Waals surface area contributed by atoms with E-state index >= 15 is 0 Å². The summed E-state index contributed by atoms with van der Waals surface area (Å²) >= 11 is 0. The zero-order chi connectivity index (χ0) is 98.5. The monoisotopic (exact) mass is 1890 g/mol. The van der Waals surface area contributed by atoms with Crippen molar-refractivity contribution >= 4 is 219 Å². The van der Waals surface area contributed by atoms with Crippen LogP contribution in [0.4, 0.5) is 0 Å². The number of para-hydroxylation sites is 6. The Morgan fingerprint density at radius 1 is 0.159 bits per heavy atom. The smallest absolute Gasteiger partial charge is 0.238 e. The molecule has 0 saturated carbocycles. The van der Waals surface area contributed by atoms with Gasteiger partial charge in [0.15, 0.2) is 27.9 Å². The van der Waals surface area contributed by atoms with Gasteiger partial charge in [-0.2, -0.15) is 49.8 Å². The Balaban J connectivity index is 0.0000000923. The first-order valence-electron chi connectivity index (χ1n) is 48.3. The van der Waals surface area contributed by atoms with E-state index in [2.05, 4.69) is 314 Å². The number of fused-ring (bicyclic) bond motifs is 35. The number of hydrogen-bond donors (Lipinski definition) is 0. The second-order valence-electron chi connectivity index (χ2n) is 37.5. The van der Waals surface area contributed by atoms with Crippen LogP contribution in [0.5, 0.6) is 0 Å². The fourth-order valence-electron chi connectivity index (χ4n) is 21.8. The second-order valence-corrected chi connectivity index (χ2v) is 37.5. The maximum absolute atomic E-state index is 6.41. The minimum absolute atomic E-state index is 0.617. The van der Waals surface area contributed by atoms with Gasteiger partial charge in [0.1, 0.15) is 114 Å². The molecule has 0 spiro atoms. The van der Waals surface area contributed by atoms with Gasteiger partial charge < -0.3 is 22.1 Å². The highest BCUT2D eigenvalue weighted by molar-refractivity contribution is 6.27. The van der Waals surface area contributed by atoms with Crippen LogP contribution < -0.4 is 0 Å². The van der Waals surface area contributed by atoms with E-state index in [4.69, 9.17) is 22.1 Å². The SMILES string of the molecule is Cc1ccc2c(c1)c1ccc3c4ccccc4oc3c1n2-c1nc(C)nc(C)n1.Cc1ccc2c3ccc4c5ccccc5oc4c3n(-c3nc(C)nc(C)n3)c2c1.Cc1nc(C)nc(-n2c3c(C)cccc3c3ccc4c5ccccc5oc4c32)n1.Cc1nc(C)nc(-n2c3cccc(C)c3c3ccc4c5ccccc5oc4c32)n1.Cc1nc(C)nc(-n2c3ccccc3c3ccc4c(oc5cccc(C)c54)c32)n1. The Morgan fingerprint density at radius 3 is 0.876 bits per heavy atom. The molecule has 0 amide bonds. The van der Waals surface area contributed by atoms with Crippen molar-refractivity contribution in [3.8, 4) is 29.7 Å². The van der Waals surface area contributed by atoms with Crippen LogP contribution in [0.25, 0.3) is 248 Å². The predicted molar refractivity (Wildman–Crippen MR) is 578 cm³/mol. The van der Waals surface area contributed by atoms with E-state index < -0.39 is 0 Å². The molecule has 0 radical (unpaired) electrons. The molecule has 15 aromatic heterocycles. The van der Waals surface area contributed by atoms with Gasteiger partial charge in [-0.15, -0.1) is 0 Å². The highest BCUT2D eigenvalue weighted by Gasteiger charge is 2.30. The van der Waals surface area contributed by atoms with E-state index in [1.165, 1.54) is 33.2 Å². The predicted octanol–water partition coefficient (Wildman–Crippen LogP) is 29.0. The number of aromatic nitrogens is 20. The topological polar surface area (TPSA) is 284 Å². The summed E-state index contributed by atoms with van der Waals surface area (Å²) in [7, 11) is 0. The standard InChI is InChI=1S/5C24H18N4O/c1-13-7-6-9-19-21(13)18-12-11-17-16-8-4-5-10-20(16)29-23(17)22(18)28(19)24-26-14(2)25-15(3)27-24;1-13-7-6-9-17-18-11-12-19-16-8-4-5-10-20(16)29-23(19)22(18)28(21(13)17)24-26-14(2)25-15(3)27-24;1-13-7-6-10-20-21(13)18-12-11-17-16-8-4-5-9-19(16)28(22(17)23(18)29-20)24-26-14(2)25-15(3)27-24;1-13-8-11-20-19(12-13)17-9-10-18-16-6-4-5-7-21(16)29-23(18)22(17)28(20)24-26-14(2)25-15(3)27-24;1-13-8-9-16-18-10-11-19-17-6-4-5-7-21(17)29-23(19)22(18)28(20(16)12-13)24-26-14(2)25-15(3)27-24/h5*4-12H,1-3H3. The second kappa shape index (κ2) is 33.3. The number of nitrogens with zero attached hydrogens (tertiary/aromatic N) is 20. The van der Waals surface area contributed by atoms with Gasteiger partial charge in [0.05, 0.1) is 27.6 Å². The van der Waals surface area contributed by atoms with Crippen LogP contribution in [-0.4, -0.2) is 97.6 Å². The first-order chi connectivity index (χ1) is 70.5. The van der Waals surface area contributed by atoms with Gasteiger partial charge in [-0.1, -0.05) is 188 Å². The van der Waals surface area contributed by atoms with Gasteiger partial charge in [-0.25, -0.2) is 24.9 Å². The highest BCUT2D eigenvalue weighted by atomic mass is 16.3. The van der Waals surface area contributed by atoms with Gasteiger partial charge in [-0.05, 0) is 217 Å². The molecule has 0 atom stereocenters. The molecule has 0 aliphatic heterocycles. The van der Waals surface area contributed by atoms with Crippen LogP contribution in [-0.2, 0) is 0 Å². The van der Waals surface area contributed by atoms with Crippen LogP contribution in [0, 0.1) is 104 Å². The van der Waals surface area contributed by atoms with Crippen molar-refractivity contribution < 1.29 is 22.1 Å². The number of benzene rings is 15. The molecule has 0 unspecified atom stereocenters. The molecule has 0 bridgehead atoms. The third kappa shape index (κ3) is 14.0. The zero-order valence-electron chi connectivity index (χ0n) is 82.0. The number of aryl methyl sites for hydroxylation is 15. The zero-order valence-corrected chi connectivity index (χ0v) is 82.0. The summed E-state index contributed by atoms with van der Waals surface area (Å²) in [6.45, 7) is 29.6. The summed E-state index contributed by atoms with van der Waals surface area (Å²) < 4.78 is 42.4. The van der Waals surface area contributed by atoms with Gasteiger partial charge in [-0.3, -0.25) is 22.8 Å². The van der Waals surface area contributed by atoms with E-state index in [-0.39, 0.29) is 0 Å². The molecular weight excluding hydrogens is 1800 g/mol. The van der Waals surface area contributed by atoms with E-state index in [9.17, 15) is 0 Å². The number of hydrogen-bond acceptors (Lipinski definition) is 20. The average Bonchev–Trinajstić information content (AvgIpc) is 1.55. The first-order valence-corrected chi connectivity index (χ1v) is 48.3. The molecule has 15 aromatic carbocycles. The van der Waals surface area contributed by atoms with Crippen LogP contribution in [0.2, 0.25) is 0 Å². The molecule has 25 heteroatoms. The van der Waals surface area contributed by atoms with Gasteiger partial charge in [0.2, 0.25) is 29.7 Å². The van der Waals surface area contributed by atoms with Crippen LogP contribution in [0.1, 0.15) is 86.1 Å². The molecule has 30 rings (SSSR count). The lowest BCUT2D eigenvalue weighted by Gasteiger charge is -2.09. The largest absolute Gasteiger partial charge is 0.454 e. The van der Waals surface area contributed by atoms with E-state index in [1.807, 2.05) is 160 Å². The lowest BCUT2D eigenvalue weighted by Crippen LogP contribution is -2.06. The average molecular weight is 1890 g/mol. The summed E-state index contributed by atoms with van der Waals surface area (Å²) in [5.41, 5.74) is 25.0. The maximum Gasteiger partial charge on any atom is 0.238 e. The van der Waals surface area contributed by atoms with Gasteiger partial charge >= 0.3 is 0 Å². The summed E-state index contributed by atoms with van der Waals surface area (Å²) in [5, 5.41) is 22.6. The maximum atomic E-state index is 6.41. The van der Waals surface area contributed by atoms with Gasteiger partial charge in [0, 0.05) is 108 Å². The molecule has 0 N–H and O–H groups in total. The highest BCUT2D eigenvalue weighted by Crippen LogP contribution is 2.48. The Kier molecular flexibility index (Phi) is 19.9. The Bertz CT molecular complexity index is 10400. The molecule has 0 fully saturated rings. The first kappa shape index (κ1) is 86.7. The molecule has 15 heterocycles. The van der Waals surface area contributed by atoms with E-state index in [0.717, 1.165) is 213 Å². The Morgan fingerprint density at radius 2 is 0.421 bits per heavy atom. The van der Waals surface area contributed by atoms with Crippen molar-refractivity contribution in [3.63, 3.8) is 0 Å². The molecule has 25 nitrogen and oxygen atoms in total. The Hall–Kier alpha value is -18.7.